The summed E-state index contributed by atoms with van der Waals surface area (Å²) >= 11 is 0. The smallest absolute Gasteiger partial charge is 0.245 e. The van der Waals surface area contributed by atoms with E-state index in [1.807, 2.05) is 11.8 Å². The van der Waals surface area contributed by atoms with Crippen molar-refractivity contribution >= 4 is 11.8 Å². The molecule has 0 aliphatic carbocycles. The SMILES string of the molecule is CC(C)CCNC(=O)[C@]1(C)CCC(=O)N1CCCN1CCCCC1. The largest absolute Gasteiger partial charge is 0.354 e. The Bertz CT molecular complexity index is 432. The van der Waals surface area contributed by atoms with Crippen molar-refractivity contribution < 1.29 is 9.59 Å². The monoisotopic (exact) mass is 337 g/mol. The minimum atomic E-state index is -0.657. The Hall–Kier alpha value is -1.10. The summed E-state index contributed by atoms with van der Waals surface area (Å²) in [5, 5.41) is 3.04. The van der Waals surface area contributed by atoms with Crippen molar-refractivity contribution in [1.29, 1.82) is 0 Å². The van der Waals surface area contributed by atoms with Crippen LogP contribution in [-0.4, -0.2) is 59.9 Å². The van der Waals surface area contributed by atoms with Crippen LogP contribution in [0.4, 0.5) is 0 Å². The Morgan fingerprint density at radius 3 is 2.58 bits per heavy atom. The number of nitrogens with one attached hydrogen (secondary N) is 1. The van der Waals surface area contributed by atoms with Gasteiger partial charge in [-0.05, 0) is 64.6 Å². The third kappa shape index (κ3) is 4.95. The lowest BCUT2D eigenvalue weighted by atomic mass is 9.97. The number of nitrogens with zero attached hydrogens (tertiary/aromatic N) is 2. The molecular weight excluding hydrogens is 302 g/mol. The van der Waals surface area contributed by atoms with E-state index in [1.54, 1.807) is 0 Å². The Kier molecular flexibility index (Phi) is 7.08. The van der Waals surface area contributed by atoms with Crippen molar-refractivity contribution in [1.82, 2.24) is 15.1 Å². The van der Waals surface area contributed by atoms with E-state index in [9.17, 15) is 9.59 Å². The summed E-state index contributed by atoms with van der Waals surface area (Å²) in [4.78, 5) is 29.3. The van der Waals surface area contributed by atoms with Crippen LogP contribution in [0.1, 0.15) is 65.7 Å². The average Bonchev–Trinajstić information content (AvgIpc) is 2.85. The Morgan fingerprint density at radius 2 is 1.92 bits per heavy atom. The topological polar surface area (TPSA) is 52.7 Å². The molecule has 1 N–H and O–H groups in total. The van der Waals surface area contributed by atoms with Gasteiger partial charge in [-0.25, -0.2) is 0 Å². The summed E-state index contributed by atoms with van der Waals surface area (Å²) in [6.45, 7) is 11.0. The number of amides is 2. The van der Waals surface area contributed by atoms with Gasteiger partial charge in [0.25, 0.3) is 0 Å². The lowest BCUT2D eigenvalue weighted by Crippen LogP contribution is -2.55. The van der Waals surface area contributed by atoms with Crippen molar-refractivity contribution in [3.63, 3.8) is 0 Å². The van der Waals surface area contributed by atoms with Gasteiger partial charge in [0, 0.05) is 19.5 Å². The van der Waals surface area contributed by atoms with Crippen LogP contribution in [0.3, 0.4) is 0 Å². The van der Waals surface area contributed by atoms with Gasteiger partial charge in [0.05, 0.1) is 0 Å². The molecule has 5 nitrogen and oxygen atoms in total. The molecule has 0 radical (unpaired) electrons. The molecule has 0 aromatic rings. The van der Waals surface area contributed by atoms with E-state index < -0.39 is 5.54 Å². The summed E-state index contributed by atoms with van der Waals surface area (Å²) in [5.74, 6) is 0.728. The van der Waals surface area contributed by atoms with Crippen LogP contribution in [0.2, 0.25) is 0 Å². The van der Waals surface area contributed by atoms with E-state index in [1.165, 1.54) is 32.4 Å². The zero-order valence-electron chi connectivity index (χ0n) is 15.8. The van der Waals surface area contributed by atoms with Gasteiger partial charge in [-0.1, -0.05) is 20.3 Å². The third-order valence-corrected chi connectivity index (χ3v) is 5.52. The maximum absolute atomic E-state index is 12.7. The van der Waals surface area contributed by atoms with Crippen molar-refractivity contribution in [2.45, 2.75) is 71.3 Å². The van der Waals surface area contributed by atoms with Crippen molar-refractivity contribution in [2.75, 3.05) is 32.7 Å². The molecule has 0 aromatic carbocycles. The highest BCUT2D eigenvalue weighted by atomic mass is 16.2. The molecule has 0 bridgehead atoms. The number of rotatable bonds is 8. The lowest BCUT2D eigenvalue weighted by Gasteiger charge is -2.35. The van der Waals surface area contributed by atoms with Crippen LogP contribution >= 0.6 is 0 Å². The highest BCUT2D eigenvalue weighted by molar-refractivity contribution is 5.94. The van der Waals surface area contributed by atoms with Crippen LogP contribution in [0.25, 0.3) is 0 Å². The van der Waals surface area contributed by atoms with Crippen molar-refractivity contribution in [3.8, 4) is 0 Å². The third-order valence-electron chi connectivity index (χ3n) is 5.52. The average molecular weight is 338 g/mol. The number of hydrogen-bond donors (Lipinski definition) is 1. The molecule has 0 saturated carbocycles. The predicted octanol–water partition coefficient (Wildman–Crippen LogP) is 2.41. The normalized spacial score (nSPS) is 25.5. The maximum Gasteiger partial charge on any atom is 0.245 e. The second-order valence-corrected chi connectivity index (χ2v) is 8.01. The van der Waals surface area contributed by atoms with Crippen LogP contribution in [-0.2, 0) is 9.59 Å². The van der Waals surface area contributed by atoms with Gasteiger partial charge in [-0.3, -0.25) is 9.59 Å². The van der Waals surface area contributed by atoms with Gasteiger partial charge >= 0.3 is 0 Å². The number of hydrogen-bond acceptors (Lipinski definition) is 3. The lowest BCUT2D eigenvalue weighted by molar-refractivity contribution is -0.140. The van der Waals surface area contributed by atoms with Gasteiger partial charge in [0.1, 0.15) is 5.54 Å². The van der Waals surface area contributed by atoms with E-state index in [0.717, 1.165) is 19.4 Å². The fraction of sp³-hybridized carbons (Fsp3) is 0.895. The number of carbonyl (C=O) groups excluding carboxylic acids is 2. The van der Waals surface area contributed by atoms with Crippen LogP contribution in [0.5, 0.6) is 0 Å². The molecule has 5 heteroatoms. The first kappa shape index (κ1) is 19.2. The summed E-state index contributed by atoms with van der Waals surface area (Å²) in [6.07, 6.45) is 7.00. The highest BCUT2D eigenvalue weighted by Crippen LogP contribution is 2.30. The van der Waals surface area contributed by atoms with Gasteiger partial charge in [0.2, 0.25) is 11.8 Å². The first-order chi connectivity index (χ1) is 11.4. The quantitative estimate of drug-likeness (QED) is 0.740. The van der Waals surface area contributed by atoms with Crippen LogP contribution in [0.15, 0.2) is 0 Å². The number of likely N-dealkylation sites (tertiary alicyclic amines) is 2. The predicted molar refractivity (Wildman–Crippen MR) is 96.7 cm³/mol. The minimum Gasteiger partial charge on any atom is -0.354 e. The van der Waals surface area contributed by atoms with E-state index >= 15 is 0 Å². The fourth-order valence-electron chi connectivity index (χ4n) is 3.80. The summed E-state index contributed by atoms with van der Waals surface area (Å²) < 4.78 is 0. The van der Waals surface area contributed by atoms with Gasteiger partial charge in [-0.15, -0.1) is 0 Å². The molecule has 2 rings (SSSR count). The van der Waals surface area contributed by atoms with E-state index in [0.29, 0.717) is 31.8 Å². The zero-order chi connectivity index (χ0) is 17.6. The second kappa shape index (κ2) is 8.84. The number of piperidine rings is 1. The molecule has 2 aliphatic rings. The Labute approximate surface area is 147 Å². The Balaban J connectivity index is 1.83. The van der Waals surface area contributed by atoms with Crippen LogP contribution in [0, 0.1) is 5.92 Å². The molecule has 2 saturated heterocycles. The molecule has 2 aliphatic heterocycles. The molecule has 2 heterocycles. The minimum absolute atomic E-state index is 0.0203. The van der Waals surface area contributed by atoms with E-state index in [2.05, 4.69) is 24.1 Å². The molecule has 2 amide bonds. The molecule has 2 fully saturated rings. The molecule has 24 heavy (non-hydrogen) atoms. The molecule has 138 valence electrons. The molecule has 0 aromatic heterocycles. The maximum atomic E-state index is 12.7. The highest BCUT2D eigenvalue weighted by Gasteiger charge is 2.46. The van der Waals surface area contributed by atoms with E-state index in [-0.39, 0.29) is 11.8 Å². The first-order valence-corrected chi connectivity index (χ1v) is 9.74. The summed E-state index contributed by atoms with van der Waals surface area (Å²) in [7, 11) is 0. The molecule has 0 spiro atoms. The molecular formula is C19H35N3O2. The fourth-order valence-corrected chi connectivity index (χ4v) is 3.80. The molecule has 1 atom stereocenters. The molecule has 0 unspecified atom stereocenters. The second-order valence-electron chi connectivity index (χ2n) is 8.01. The van der Waals surface area contributed by atoms with Gasteiger partial charge in [0.15, 0.2) is 0 Å². The standard InChI is InChI=1S/C19H35N3O2/c1-16(2)9-11-20-18(24)19(3)10-8-17(23)22(19)15-7-14-21-12-5-4-6-13-21/h16H,4-15H2,1-3H3,(H,20,24)/t19-/m0/s1. The first-order valence-electron chi connectivity index (χ1n) is 9.74. The van der Waals surface area contributed by atoms with E-state index in [4.69, 9.17) is 0 Å². The number of carbonyl (C=O) groups is 2. The zero-order valence-corrected chi connectivity index (χ0v) is 15.8. The summed E-state index contributed by atoms with van der Waals surface area (Å²) in [6, 6.07) is 0. The summed E-state index contributed by atoms with van der Waals surface area (Å²) in [5.41, 5.74) is -0.657. The van der Waals surface area contributed by atoms with Crippen molar-refractivity contribution in [2.24, 2.45) is 5.92 Å². The van der Waals surface area contributed by atoms with Crippen molar-refractivity contribution in [3.05, 3.63) is 0 Å². The Morgan fingerprint density at radius 1 is 1.21 bits per heavy atom. The van der Waals surface area contributed by atoms with Crippen LogP contribution < -0.4 is 5.32 Å². The van der Waals surface area contributed by atoms with Gasteiger partial charge < -0.3 is 15.1 Å². The van der Waals surface area contributed by atoms with Gasteiger partial charge in [-0.2, -0.15) is 0 Å².